The van der Waals surface area contributed by atoms with Crippen LogP contribution >= 0.6 is 12.2 Å². The summed E-state index contributed by atoms with van der Waals surface area (Å²) in [5, 5.41) is 9.04. The molecule has 1 fully saturated rings. The van der Waals surface area contributed by atoms with E-state index in [2.05, 4.69) is 4.90 Å². The Kier molecular flexibility index (Phi) is 4.94. The molecule has 5 heteroatoms. The number of aliphatic hydroxyl groups excluding tert-OH is 1. The van der Waals surface area contributed by atoms with Crippen LogP contribution in [-0.2, 0) is 0 Å². The molecule has 1 aromatic rings. The first-order valence-corrected chi connectivity index (χ1v) is 7.61. The van der Waals surface area contributed by atoms with Gasteiger partial charge in [0.05, 0.1) is 5.56 Å². The van der Waals surface area contributed by atoms with Gasteiger partial charge in [0.1, 0.15) is 10.8 Å². The number of hydrogen-bond donors (Lipinski definition) is 2. The molecule has 0 aromatic carbocycles. The molecular weight excluding hydrogens is 270 g/mol. The van der Waals surface area contributed by atoms with Gasteiger partial charge < -0.3 is 15.7 Å². The molecule has 1 aliphatic rings. The van der Waals surface area contributed by atoms with Gasteiger partial charge in [-0.1, -0.05) is 12.2 Å². The largest absolute Gasteiger partial charge is 0.396 e. The first kappa shape index (κ1) is 15.2. The summed E-state index contributed by atoms with van der Waals surface area (Å²) in [5.41, 5.74) is 8.89. The molecule has 1 aliphatic heterocycles. The zero-order chi connectivity index (χ0) is 14.7. The monoisotopic (exact) mass is 293 g/mol. The number of aliphatic hydroxyl groups is 1. The van der Waals surface area contributed by atoms with Crippen molar-refractivity contribution in [3.05, 3.63) is 22.9 Å². The lowest BCUT2D eigenvalue weighted by atomic mass is 10.1. The highest BCUT2D eigenvalue weighted by Crippen LogP contribution is 2.31. The highest BCUT2D eigenvalue weighted by Gasteiger charge is 2.28. The Labute approximate surface area is 126 Å². The second-order valence-electron chi connectivity index (χ2n) is 5.50. The van der Waals surface area contributed by atoms with E-state index in [1.54, 1.807) is 0 Å². The topological polar surface area (TPSA) is 62.4 Å². The van der Waals surface area contributed by atoms with E-state index in [-0.39, 0.29) is 6.61 Å². The summed E-state index contributed by atoms with van der Waals surface area (Å²) < 4.78 is 0. The number of nitrogens with two attached hydrogens (primary N) is 1. The SMILES string of the molecule is Cc1cc(C)c(C(N)=S)c(N2CCCC2CCCO)n1. The average Bonchev–Trinajstić information content (AvgIpc) is 2.82. The Morgan fingerprint density at radius 2 is 2.30 bits per heavy atom. The van der Waals surface area contributed by atoms with Gasteiger partial charge >= 0.3 is 0 Å². The lowest BCUT2D eigenvalue weighted by molar-refractivity contribution is 0.279. The quantitative estimate of drug-likeness (QED) is 0.814. The Balaban J connectivity index is 2.37. The van der Waals surface area contributed by atoms with Gasteiger partial charge in [-0.25, -0.2) is 4.98 Å². The third-order valence-corrected chi connectivity index (χ3v) is 4.12. The number of anilines is 1. The lowest BCUT2D eigenvalue weighted by Crippen LogP contribution is -2.33. The summed E-state index contributed by atoms with van der Waals surface area (Å²) in [7, 11) is 0. The van der Waals surface area contributed by atoms with Gasteiger partial charge in [0.15, 0.2) is 0 Å². The molecule has 0 amide bonds. The minimum absolute atomic E-state index is 0.243. The fraction of sp³-hybridized carbons (Fsp3) is 0.600. The van der Waals surface area contributed by atoms with Crippen molar-refractivity contribution in [1.82, 2.24) is 4.98 Å². The van der Waals surface area contributed by atoms with E-state index in [0.717, 1.165) is 54.9 Å². The molecule has 0 saturated carbocycles. The Morgan fingerprint density at radius 3 is 2.95 bits per heavy atom. The highest BCUT2D eigenvalue weighted by atomic mass is 32.1. The second kappa shape index (κ2) is 6.50. The van der Waals surface area contributed by atoms with Gasteiger partial charge in [-0.15, -0.1) is 0 Å². The molecule has 0 radical (unpaired) electrons. The van der Waals surface area contributed by atoms with E-state index in [4.69, 9.17) is 28.0 Å². The van der Waals surface area contributed by atoms with Crippen LogP contribution in [0.25, 0.3) is 0 Å². The van der Waals surface area contributed by atoms with E-state index in [1.165, 1.54) is 0 Å². The zero-order valence-electron chi connectivity index (χ0n) is 12.2. The first-order valence-electron chi connectivity index (χ1n) is 7.20. The summed E-state index contributed by atoms with van der Waals surface area (Å²) in [5.74, 6) is 0.926. The molecule has 110 valence electrons. The number of rotatable bonds is 5. The van der Waals surface area contributed by atoms with Crippen LogP contribution in [0, 0.1) is 13.8 Å². The Bertz CT molecular complexity index is 504. The predicted molar refractivity (Wildman–Crippen MR) is 86.3 cm³/mol. The van der Waals surface area contributed by atoms with Crippen LogP contribution in [0.15, 0.2) is 6.07 Å². The predicted octanol–water partition coefficient (Wildman–Crippen LogP) is 2.07. The number of nitrogens with zero attached hydrogens (tertiary/aromatic N) is 2. The molecule has 3 N–H and O–H groups in total. The first-order chi connectivity index (χ1) is 9.54. The standard InChI is InChI=1S/C15H23N3OS/c1-10-9-11(2)17-15(13(10)14(16)20)18-7-3-5-12(18)6-4-8-19/h9,12,19H,3-8H2,1-2H3,(H2,16,20). The number of aromatic nitrogens is 1. The molecule has 1 atom stereocenters. The number of pyridine rings is 1. The van der Waals surface area contributed by atoms with E-state index in [9.17, 15) is 0 Å². The molecule has 20 heavy (non-hydrogen) atoms. The zero-order valence-corrected chi connectivity index (χ0v) is 13.0. The third kappa shape index (κ3) is 3.10. The number of aryl methyl sites for hydroxylation is 2. The van der Waals surface area contributed by atoms with Crippen molar-refractivity contribution in [3.63, 3.8) is 0 Å². The second-order valence-corrected chi connectivity index (χ2v) is 5.94. The summed E-state index contributed by atoms with van der Waals surface area (Å²) in [6, 6.07) is 2.46. The molecule has 4 nitrogen and oxygen atoms in total. The maximum absolute atomic E-state index is 9.04. The lowest BCUT2D eigenvalue weighted by Gasteiger charge is -2.28. The Hall–Kier alpha value is -1.20. The minimum Gasteiger partial charge on any atom is -0.396 e. The van der Waals surface area contributed by atoms with Gasteiger partial charge in [-0.3, -0.25) is 0 Å². The summed E-state index contributed by atoms with van der Waals surface area (Å²) in [6.07, 6.45) is 4.11. The van der Waals surface area contributed by atoms with Crippen molar-refractivity contribution in [3.8, 4) is 0 Å². The summed E-state index contributed by atoms with van der Waals surface area (Å²) in [6.45, 7) is 5.26. The maximum Gasteiger partial charge on any atom is 0.139 e. The Morgan fingerprint density at radius 1 is 1.55 bits per heavy atom. The highest BCUT2D eigenvalue weighted by molar-refractivity contribution is 7.80. The van der Waals surface area contributed by atoms with E-state index >= 15 is 0 Å². The van der Waals surface area contributed by atoms with Crippen LogP contribution < -0.4 is 10.6 Å². The van der Waals surface area contributed by atoms with Crippen LogP contribution in [0.5, 0.6) is 0 Å². The molecule has 1 aromatic heterocycles. The third-order valence-electron chi connectivity index (χ3n) is 3.92. The van der Waals surface area contributed by atoms with Crippen LogP contribution in [0.4, 0.5) is 5.82 Å². The molecule has 1 unspecified atom stereocenters. The molecule has 0 spiro atoms. The van der Waals surface area contributed by atoms with Crippen LogP contribution in [0.3, 0.4) is 0 Å². The molecule has 0 aliphatic carbocycles. The van der Waals surface area contributed by atoms with E-state index in [0.29, 0.717) is 11.0 Å². The van der Waals surface area contributed by atoms with Gasteiger partial charge in [-0.05, 0) is 51.2 Å². The van der Waals surface area contributed by atoms with Crippen molar-refractivity contribution in [2.75, 3.05) is 18.1 Å². The van der Waals surface area contributed by atoms with Crippen molar-refractivity contribution >= 4 is 23.0 Å². The summed E-state index contributed by atoms with van der Waals surface area (Å²) >= 11 is 5.21. The molecule has 2 heterocycles. The number of hydrogen-bond acceptors (Lipinski definition) is 4. The normalized spacial score (nSPS) is 18.6. The molecule has 1 saturated heterocycles. The number of thiocarbonyl (C=S) groups is 1. The summed E-state index contributed by atoms with van der Waals surface area (Å²) in [4.78, 5) is 7.43. The van der Waals surface area contributed by atoms with Gasteiger partial charge in [0.2, 0.25) is 0 Å². The van der Waals surface area contributed by atoms with Gasteiger partial charge in [0.25, 0.3) is 0 Å². The van der Waals surface area contributed by atoms with Gasteiger partial charge in [-0.2, -0.15) is 0 Å². The van der Waals surface area contributed by atoms with Crippen LogP contribution in [0.2, 0.25) is 0 Å². The van der Waals surface area contributed by atoms with Crippen LogP contribution in [-0.4, -0.2) is 34.3 Å². The van der Waals surface area contributed by atoms with Crippen molar-refractivity contribution in [2.45, 2.75) is 45.6 Å². The smallest absolute Gasteiger partial charge is 0.139 e. The van der Waals surface area contributed by atoms with Crippen LogP contribution in [0.1, 0.15) is 42.5 Å². The molecular formula is C15H23N3OS. The van der Waals surface area contributed by atoms with E-state index < -0.39 is 0 Å². The minimum atomic E-state index is 0.243. The van der Waals surface area contributed by atoms with Crippen molar-refractivity contribution < 1.29 is 5.11 Å². The maximum atomic E-state index is 9.04. The average molecular weight is 293 g/mol. The van der Waals surface area contributed by atoms with Crippen molar-refractivity contribution in [1.29, 1.82) is 0 Å². The fourth-order valence-corrected chi connectivity index (χ4v) is 3.32. The molecule has 0 bridgehead atoms. The van der Waals surface area contributed by atoms with Crippen molar-refractivity contribution in [2.24, 2.45) is 5.73 Å². The molecule has 2 rings (SSSR count). The fourth-order valence-electron chi connectivity index (χ4n) is 3.07. The van der Waals surface area contributed by atoms with E-state index in [1.807, 2.05) is 19.9 Å². The van der Waals surface area contributed by atoms with Gasteiger partial charge in [0, 0.05) is 24.9 Å².